The molecule has 0 aliphatic carbocycles. The average molecular weight is 296 g/mol. The number of piperidine rings is 1. The smallest absolute Gasteiger partial charge is 0.295 e. The number of hydrogen-bond donors (Lipinski definition) is 0. The normalized spacial score (nSPS) is 21.0. The van der Waals surface area contributed by atoms with Gasteiger partial charge >= 0.3 is 0 Å². The van der Waals surface area contributed by atoms with Crippen molar-refractivity contribution in [2.45, 2.75) is 25.6 Å². The Labute approximate surface area is 121 Å². The number of halogens is 1. The van der Waals surface area contributed by atoms with Gasteiger partial charge in [-0.15, -0.1) is 0 Å². The zero-order chi connectivity index (χ0) is 15.0. The lowest BCUT2D eigenvalue weighted by Gasteiger charge is -2.38. The third-order valence-corrected chi connectivity index (χ3v) is 4.13. The summed E-state index contributed by atoms with van der Waals surface area (Å²) >= 11 is 0. The molecule has 1 aromatic rings. The second-order valence-corrected chi connectivity index (χ2v) is 5.44. The highest BCUT2D eigenvalue weighted by Crippen LogP contribution is 2.37. The molecule has 0 amide bonds. The van der Waals surface area contributed by atoms with Crippen LogP contribution >= 0.6 is 0 Å². The first-order valence-electron chi connectivity index (χ1n) is 6.98. The van der Waals surface area contributed by atoms with Crippen molar-refractivity contribution in [1.29, 1.82) is 0 Å². The number of aryl methyl sites for hydroxylation is 1. The molecule has 21 heavy (non-hydrogen) atoms. The zero-order valence-electron chi connectivity index (χ0n) is 11.8. The summed E-state index contributed by atoms with van der Waals surface area (Å²) < 4.78 is 24.9. The maximum Gasteiger partial charge on any atom is 0.295 e. The molecule has 1 aromatic carbocycles. The van der Waals surface area contributed by atoms with Crippen molar-refractivity contribution in [2.75, 3.05) is 31.2 Å². The quantitative estimate of drug-likeness (QED) is 0.619. The van der Waals surface area contributed by atoms with E-state index in [0.29, 0.717) is 50.4 Å². The fraction of sp³-hybridized carbons (Fsp3) is 0.571. The van der Waals surface area contributed by atoms with E-state index in [1.807, 2.05) is 4.90 Å². The van der Waals surface area contributed by atoms with Gasteiger partial charge in [-0.05, 0) is 18.6 Å². The fourth-order valence-corrected chi connectivity index (χ4v) is 2.93. The summed E-state index contributed by atoms with van der Waals surface area (Å²) in [7, 11) is 0. The summed E-state index contributed by atoms with van der Waals surface area (Å²) in [5, 5.41) is 11.1. The second-order valence-electron chi connectivity index (χ2n) is 5.44. The van der Waals surface area contributed by atoms with E-state index in [4.69, 9.17) is 9.47 Å². The lowest BCUT2D eigenvalue weighted by Crippen LogP contribution is -2.45. The van der Waals surface area contributed by atoms with Crippen molar-refractivity contribution >= 4 is 11.4 Å². The Bertz CT molecular complexity index is 562. The van der Waals surface area contributed by atoms with Crippen LogP contribution in [0.15, 0.2) is 12.1 Å². The molecule has 7 heteroatoms. The number of rotatable bonds is 2. The number of nitrogens with zero attached hydrogens (tertiary/aromatic N) is 2. The molecule has 1 spiro atoms. The van der Waals surface area contributed by atoms with Gasteiger partial charge in [0.2, 0.25) is 0 Å². The van der Waals surface area contributed by atoms with Crippen molar-refractivity contribution < 1.29 is 18.8 Å². The van der Waals surface area contributed by atoms with Crippen LogP contribution in [0.1, 0.15) is 18.4 Å². The monoisotopic (exact) mass is 296 g/mol. The number of nitro benzene ring substituents is 1. The predicted molar refractivity (Wildman–Crippen MR) is 73.9 cm³/mol. The molecule has 2 aliphatic heterocycles. The van der Waals surface area contributed by atoms with Gasteiger partial charge in [-0.3, -0.25) is 10.1 Å². The highest BCUT2D eigenvalue weighted by atomic mass is 19.1. The van der Waals surface area contributed by atoms with Gasteiger partial charge in [0.1, 0.15) is 11.5 Å². The van der Waals surface area contributed by atoms with Crippen molar-refractivity contribution in [3.63, 3.8) is 0 Å². The van der Waals surface area contributed by atoms with Crippen molar-refractivity contribution in [3.05, 3.63) is 33.6 Å². The Morgan fingerprint density at radius 1 is 1.29 bits per heavy atom. The minimum atomic E-state index is -0.554. The third-order valence-electron chi connectivity index (χ3n) is 4.13. The average Bonchev–Trinajstić information content (AvgIpc) is 2.90. The van der Waals surface area contributed by atoms with E-state index >= 15 is 0 Å². The summed E-state index contributed by atoms with van der Waals surface area (Å²) in [6.45, 7) is 3.97. The number of nitro groups is 1. The molecule has 6 nitrogen and oxygen atoms in total. The highest BCUT2D eigenvalue weighted by molar-refractivity contribution is 5.65. The van der Waals surface area contributed by atoms with E-state index in [1.165, 1.54) is 0 Å². The summed E-state index contributed by atoms with van der Waals surface area (Å²) in [5.41, 5.74) is 0.679. The SMILES string of the molecule is Cc1cc(N2CCC3(CC2)OCCO3)c([N+](=O)[O-])cc1F. The Kier molecular flexibility index (Phi) is 3.54. The molecule has 0 bridgehead atoms. The van der Waals surface area contributed by atoms with Gasteiger partial charge in [0.25, 0.3) is 5.69 Å². The molecule has 0 saturated carbocycles. The minimum absolute atomic E-state index is 0.192. The Hall–Kier alpha value is -1.73. The van der Waals surface area contributed by atoms with Gasteiger partial charge in [0.15, 0.2) is 5.79 Å². The van der Waals surface area contributed by atoms with Crippen LogP contribution in [0.2, 0.25) is 0 Å². The van der Waals surface area contributed by atoms with Gasteiger partial charge < -0.3 is 14.4 Å². The van der Waals surface area contributed by atoms with Crippen LogP contribution in [0.25, 0.3) is 0 Å². The van der Waals surface area contributed by atoms with Gasteiger partial charge in [-0.2, -0.15) is 0 Å². The maximum absolute atomic E-state index is 13.6. The number of ether oxygens (including phenoxy) is 2. The van der Waals surface area contributed by atoms with E-state index in [1.54, 1.807) is 13.0 Å². The maximum atomic E-state index is 13.6. The lowest BCUT2D eigenvalue weighted by atomic mass is 10.0. The Morgan fingerprint density at radius 3 is 2.48 bits per heavy atom. The van der Waals surface area contributed by atoms with Gasteiger partial charge in [-0.25, -0.2) is 4.39 Å². The van der Waals surface area contributed by atoms with Crippen LogP contribution in [-0.4, -0.2) is 37.0 Å². The molecule has 0 aromatic heterocycles. The first-order chi connectivity index (χ1) is 10.0. The fourth-order valence-electron chi connectivity index (χ4n) is 2.93. The molecular formula is C14H17FN2O4. The topological polar surface area (TPSA) is 64.8 Å². The number of benzene rings is 1. The van der Waals surface area contributed by atoms with Gasteiger partial charge in [-0.1, -0.05) is 0 Å². The second kappa shape index (κ2) is 5.23. The largest absolute Gasteiger partial charge is 0.366 e. The molecular weight excluding hydrogens is 279 g/mol. The molecule has 2 heterocycles. The minimum Gasteiger partial charge on any atom is -0.366 e. The molecule has 2 aliphatic rings. The number of anilines is 1. The van der Waals surface area contributed by atoms with Gasteiger partial charge in [0, 0.05) is 25.9 Å². The van der Waals surface area contributed by atoms with E-state index < -0.39 is 16.5 Å². The van der Waals surface area contributed by atoms with E-state index in [9.17, 15) is 14.5 Å². The highest BCUT2D eigenvalue weighted by Gasteiger charge is 2.40. The first kappa shape index (κ1) is 14.2. The summed E-state index contributed by atoms with van der Waals surface area (Å²) in [6.07, 6.45) is 1.31. The van der Waals surface area contributed by atoms with Crippen LogP contribution in [0.4, 0.5) is 15.8 Å². The van der Waals surface area contributed by atoms with Crippen LogP contribution in [0.3, 0.4) is 0 Å². The predicted octanol–water partition coefficient (Wildman–Crippen LogP) is 2.39. The van der Waals surface area contributed by atoms with E-state index in [-0.39, 0.29) is 5.69 Å². The molecule has 3 rings (SSSR count). The van der Waals surface area contributed by atoms with Crippen LogP contribution < -0.4 is 4.90 Å². The van der Waals surface area contributed by atoms with E-state index in [2.05, 4.69) is 0 Å². The number of hydrogen-bond acceptors (Lipinski definition) is 5. The zero-order valence-corrected chi connectivity index (χ0v) is 11.8. The van der Waals surface area contributed by atoms with Crippen molar-refractivity contribution in [3.8, 4) is 0 Å². The van der Waals surface area contributed by atoms with Crippen molar-refractivity contribution in [2.24, 2.45) is 0 Å². The van der Waals surface area contributed by atoms with Crippen molar-refractivity contribution in [1.82, 2.24) is 0 Å². The molecule has 0 radical (unpaired) electrons. The Balaban J connectivity index is 1.84. The molecule has 2 fully saturated rings. The standard InChI is InChI=1S/C14H17FN2O4/c1-10-8-12(13(17(18)19)9-11(10)15)16-4-2-14(3-5-16)20-6-7-21-14/h8-9H,2-7H2,1H3. The molecule has 0 N–H and O–H groups in total. The molecule has 114 valence electrons. The molecule has 2 saturated heterocycles. The summed E-state index contributed by atoms with van der Waals surface area (Å²) in [4.78, 5) is 12.5. The van der Waals surface area contributed by atoms with Crippen LogP contribution in [-0.2, 0) is 9.47 Å². The summed E-state index contributed by atoms with van der Waals surface area (Å²) in [6, 6.07) is 2.54. The van der Waals surface area contributed by atoms with Crippen LogP contribution in [0.5, 0.6) is 0 Å². The molecule has 0 atom stereocenters. The lowest BCUT2D eigenvalue weighted by molar-refractivity contribution is -0.384. The third kappa shape index (κ3) is 2.58. The molecule has 0 unspecified atom stereocenters. The van der Waals surface area contributed by atoms with Crippen LogP contribution in [0, 0.1) is 22.9 Å². The Morgan fingerprint density at radius 2 is 1.90 bits per heavy atom. The first-order valence-corrected chi connectivity index (χ1v) is 6.98. The summed E-state index contributed by atoms with van der Waals surface area (Å²) in [5.74, 6) is -1.08. The van der Waals surface area contributed by atoms with Gasteiger partial charge in [0.05, 0.1) is 24.2 Å². The van der Waals surface area contributed by atoms with E-state index in [0.717, 1.165) is 6.07 Å².